The van der Waals surface area contributed by atoms with Crippen LogP contribution in [0.4, 0.5) is 0 Å². The van der Waals surface area contributed by atoms with Gasteiger partial charge in [-0.2, -0.15) is 0 Å². The maximum absolute atomic E-state index is 14.5. The summed E-state index contributed by atoms with van der Waals surface area (Å²) in [4.78, 5) is 42.1. The molecule has 0 saturated carbocycles. The van der Waals surface area contributed by atoms with Crippen molar-refractivity contribution in [3.63, 3.8) is 0 Å². The maximum atomic E-state index is 14.5. The maximum Gasteiger partial charge on any atom is 0.245 e. The average Bonchev–Trinajstić information content (AvgIpc) is 3.63. The van der Waals surface area contributed by atoms with Gasteiger partial charge < -0.3 is 57.8 Å². The van der Waals surface area contributed by atoms with E-state index in [2.05, 4.69) is 10.6 Å². The van der Waals surface area contributed by atoms with E-state index in [0.717, 1.165) is 36.0 Å². The first-order valence-corrected chi connectivity index (χ1v) is 20.5. The molecule has 0 aromatic heterocycles. The van der Waals surface area contributed by atoms with Crippen molar-refractivity contribution in [1.29, 1.82) is 0 Å². The number of β-amino-alcohol motifs (C(OH)–C–C–N with tert-alkyl or cyclic N) is 1. The summed E-state index contributed by atoms with van der Waals surface area (Å²) in [5, 5.41) is 16.9. The minimum atomic E-state index is -1.14. The second-order valence-electron chi connectivity index (χ2n) is 15.0. The number of benzene rings is 3. The molecular formula is C44H65N7O7. The van der Waals surface area contributed by atoms with E-state index >= 15 is 0 Å². The number of rotatable bonds is 25. The molecule has 14 nitrogen and oxygen atoms in total. The SMILES string of the molecule is COc1ccc(C(OC[C@@H]2C[C@@H](O)CN2C(=O)[C@H](CCCCNC(=O)[C@@H](N)CCCCN)NC(=O)C(N)CCCCN)(c2ccccc2)c2ccc(OC)cc2)cc1. The Hall–Kier alpha value is -4.57. The molecule has 1 aliphatic rings. The lowest BCUT2D eigenvalue weighted by Crippen LogP contribution is -2.54. The molecule has 0 radical (unpaired) electrons. The van der Waals surface area contributed by atoms with E-state index in [1.807, 2.05) is 78.9 Å². The van der Waals surface area contributed by atoms with Crippen molar-refractivity contribution in [3.8, 4) is 11.5 Å². The Morgan fingerprint density at radius 2 is 1.26 bits per heavy atom. The van der Waals surface area contributed by atoms with Crippen molar-refractivity contribution in [2.75, 3.05) is 47.0 Å². The minimum Gasteiger partial charge on any atom is -0.497 e. The van der Waals surface area contributed by atoms with Gasteiger partial charge in [-0.1, -0.05) is 67.4 Å². The molecule has 1 saturated heterocycles. The van der Waals surface area contributed by atoms with Gasteiger partial charge in [0, 0.05) is 13.1 Å². The van der Waals surface area contributed by atoms with Crippen molar-refractivity contribution in [3.05, 3.63) is 95.6 Å². The predicted molar refractivity (Wildman–Crippen MR) is 225 cm³/mol. The Morgan fingerprint density at radius 3 is 1.79 bits per heavy atom. The number of unbranched alkanes of at least 4 members (excludes halogenated alkanes) is 3. The third kappa shape index (κ3) is 12.7. The van der Waals surface area contributed by atoms with Crippen molar-refractivity contribution in [1.82, 2.24) is 15.5 Å². The van der Waals surface area contributed by atoms with Crippen molar-refractivity contribution < 1.29 is 33.7 Å². The zero-order valence-corrected chi connectivity index (χ0v) is 34.2. The van der Waals surface area contributed by atoms with E-state index in [-0.39, 0.29) is 31.4 Å². The summed E-state index contributed by atoms with van der Waals surface area (Å²) < 4.78 is 18.1. The summed E-state index contributed by atoms with van der Waals surface area (Å²) in [5.74, 6) is 0.381. The molecule has 58 heavy (non-hydrogen) atoms. The summed E-state index contributed by atoms with van der Waals surface area (Å²) >= 11 is 0. The third-order valence-electron chi connectivity index (χ3n) is 10.8. The number of hydrogen-bond acceptors (Lipinski definition) is 11. The molecule has 3 aromatic carbocycles. The smallest absolute Gasteiger partial charge is 0.245 e. The van der Waals surface area contributed by atoms with Gasteiger partial charge in [0.05, 0.1) is 45.1 Å². The quantitative estimate of drug-likeness (QED) is 0.0487. The van der Waals surface area contributed by atoms with E-state index in [9.17, 15) is 19.5 Å². The van der Waals surface area contributed by atoms with E-state index in [1.54, 1.807) is 19.1 Å². The van der Waals surface area contributed by atoms with Crippen LogP contribution in [0.5, 0.6) is 11.5 Å². The van der Waals surface area contributed by atoms with Gasteiger partial charge in [0.15, 0.2) is 0 Å². The number of carbonyl (C=O) groups is 3. The molecule has 1 unspecified atom stereocenters. The van der Waals surface area contributed by atoms with E-state index in [0.29, 0.717) is 69.7 Å². The minimum absolute atomic E-state index is 0.0621. The fourth-order valence-corrected chi connectivity index (χ4v) is 7.45. The summed E-state index contributed by atoms with van der Waals surface area (Å²) in [6.07, 6.45) is 4.82. The molecule has 4 rings (SSSR count). The number of nitrogens with zero attached hydrogens (tertiary/aromatic N) is 1. The third-order valence-corrected chi connectivity index (χ3v) is 10.8. The summed E-state index contributed by atoms with van der Waals surface area (Å²) in [6.45, 7) is 1.55. The second-order valence-corrected chi connectivity index (χ2v) is 15.0. The zero-order chi connectivity index (χ0) is 41.9. The lowest BCUT2D eigenvalue weighted by molar-refractivity contribution is -0.139. The van der Waals surface area contributed by atoms with Crippen LogP contribution in [0.1, 0.15) is 80.9 Å². The Kier molecular flexibility index (Phi) is 18.9. The number of likely N-dealkylation sites (tertiary alicyclic amines) is 1. The molecule has 0 bridgehead atoms. The van der Waals surface area contributed by atoms with Crippen LogP contribution in [0.2, 0.25) is 0 Å². The number of carbonyl (C=O) groups excluding carboxylic acids is 3. The van der Waals surface area contributed by atoms with Crippen molar-refractivity contribution in [2.45, 2.75) is 100 Å². The van der Waals surface area contributed by atoms with Gasteiger partial charge in [-0.3, -0.25) is 14.4 Å². The van der Waals surface area contributed by atoms with Gasteiger partial charge in [0.25, 0.3) is 0 Å². The van der Waals surface area contributed by atoms with Gasteiger partial charge in [0.2, 0.25) is 17.7 Å². The van der Waals surface area contributed by atoms with Crippen LogP contribution in [0, 0.1) is 0 Å². The summed E-state index contributed by atoms with van der Waals surface area (Å²) in [5.41, 5.74) is 24.9. The van der Waals surface area contributed by atoms with E-state index in [4.69, 9.17) is 37.1 Å². The van der Waals surface area contributed by atoms with Crippen LogP contribution in [0.15, 0.2) is 78.9 Å². The number of nitrogens with one attached hydrogen (secondary N) is 2. The highest BCUT2D eigenvalue weighted by Gasteiger charge is 2.43. The molecule has 0 spiro atoms. The van der Waals surface area contributed by atoms with Crippen LogP contribution < -0.4 is 43.0 Å². The normalized spacial score (nSPS) is 17.0. The van der Waals surface area contributed by atoms with E-state index in [1.165, 1.54) is 0 Å². The van der Waals surface area contributed by atoms with Crippen LogP contribution in [0.3, 0.4) is 0 Å². The first kappa shape index (κ1) is 46.1. The number of aliphatic hydroxyl groups excluding tert-OH is 1. The largest absolute Gasteiger partial charge is 0.497 e. The predicted octanol–water partition coefficient (Wildman–Crippen LogP) is 2.66. The van der Waals surface area contributed by atoms with Gasteiger partial charge in [-0.15, -0.1) is 0 Å². The fourth-order valence-electron chi connectivity index (χ4n) is 7.45. The fraction of sp³-hybridized carbons (Fsp3) is 0.523. The van der Waals surface area contributed by atoms with E-state index < -0.39 is 41.8 Å². The molecule has 318 valence electrons. The Balaban J connectivity index is 1.58. The highest BCUT2D eigenvalue weighted by atomic mass is 16.5. The highest BCUT2D eigenvalue weighted by molar-refractivity contribution is 5.90. The Labute approximate surface area is 343 Å². The molecule has 3 amide bonds. The molecule has 14 heteroatoms. The zero-order valence-electron chi connectivity index (χ0n) is 34.2. The van der Waals surface area contributed by atoms with Crippen LogP contribution >= 0.6 is 0 Å². The van der Waals surface area contributed by atoms with Crippen molar-refractivity contribution >= 4 is 17.7 Å². The first-order chi connectivity index (χ1) is 28.1. The molecule has 1 aliphatic heterocycles. The number of ether oxygens (including phenoxy) is 3. The first-order valence-electron chi connectivity index (χ1n) is 20.5. The highest BCUT2D eigenvalue weighted by Crippen LogP contribution is 2.42. The van der Waals surface area contributed by atoms with Crippen LogP contribution in [-0.2, 0) is 24.7 Å². The summed E-state index contributed by atoms with van der Waals surface area (Å²) in [7, 11) is 3.23. The van der Waals surface area contributed by atoms with Crippen LogP contribution in [-0.4, -0.2) is 105 Å². The monoisotopic (exact) mass is 803 g/mol. The number of aliphatic hydroxyl groups is 1. The van der Waals surface area contributed by atoms with Crippen molar-refractivity contribution in [2.24, 2.45) is 22.9 Å². The Morgan fingerprint density at radius 1 is 0.741 bits per heavy atom. The average molecular weight is 804 g/mol. The number of hydrogen-bond donors (Lipinski definition) is 7. The number of amides is 3. The van der Waals surface area contributed by atoms with Gasteiger partial charge in [-0.05, 0) is 105 Å². The number of methoxy groups -OCH3 is 2. The Bertz CT molecular complexity index is 1630. The molecule has 0 aliphatic carbocycles. The molecular weight excluding hydrogens is 739 g/mol. The number of nitrogens with two attached hydrogens (primary N) is 4. The molecule has 5 atom stereocenters. The van der Waals surface area contributed by atoms with Gasteiger partial charge in [0.1, 0.15) is 23.1 Å². The topological polar surface area (TPSA) is 231 Å². The molecule has 1 heterocycles. The molecule has 1 fully saturated rings. The second kappa shape index (κ2) is 23.7. The van der Waals surface area contributed by atoms with Gasteiger partial charge >= 0.3 is 0 Å². The molecule has 11 N–H and O–H groups in total. The van der Waals surface area contributed by atoms with Gasteiger partial charge in [-0.25, -0.2) is 0 Å². The lowest BCUT2D eigenvalue weighted by Gasteiger charge is -2.38. The lowest BCUT2D eigenvalue weighted by atomic mass is 9.80. The van der Waals surface area contributed by atoms with Crippen LogP contribution in [0.25, 0.3) is 0 Å². The molecule has 3 aromatic rings. The summed E-state index contributed by atoms with van der Waals surface area (Å²) in [6, 6.07) is 22.3. The standard InChI is InChI=1S/C44H65N7O7/c1-56-36-21-17-32(18-22-36)44(31-12-4-3-5-13-31,33-19-23-37(57-2)24-20-33)58-30-34-28-35(52)29-51(34)43(55)40(50-42(54)39(48)15-7-10-26-46)16-8-11-27-49-41(53)38(47)14-6-9-25-45/h3-5,12-13,17-24,34-35,38-40,52H,6-11,14-16,25-30,45-48H2,1-2H3,(H,49,53)(H,50,54)/t34-,35+,38-,39?,40-/m0/s1.